The van der Waals surface area contributed by atoms with E-state index in [1.165, 1.54) is 52.4 Å². The van der Waals surface area contributed by atoms with E-state index in [0.717, 1.165) is 0 Å². The smallest absolute Gasteiger partial charge is 0.123 e. The third-order valence-electron chi connectivity index (χ3n) is 3.11. The number of hydrogen-bond acceptors (Lipinski definition) is 2. The zero-order valence-corrected chi connectivity index (χ0v) is 10.3. The second-order valence-electron chi connectivity index (χ2n) is 4.47. The van der Waals surface area contributed by atoms with E-state index in [2.05, 4.69) is 31.2 Å². The summed E-state index contributed by atoms with van der Waals surface area (Å²) < 4.78 is 0. The highest BCUT2D eigenvalue weighted by Crippen LogP contribution is 2.32. The van der Waals surface area contributed by atoms with E-state index in [4.69, 9.17) is 4.98 Å². The minimum atomic E-state index is 1.18. The summed E-state index contributed by atoms with van der Waals surface area (Å²) >= 11 is 1.89. The molecule has 1 heterocycles. The summed E-state index contributed by atoms with van der Waals surface area (Å²) in [5, 5.41) is 1.20. The van der Waals surface area contributed by atoms with Crippen molar-refractivity contribution in [3.05, 3.63) is 40.4 Å². The van der Waals surface area contributed by atoms with Crippen LogP contribution in [-0.4, -0.2) is 4.98 Å². The maximum atomic E-state index is 4.78. The van der Waals surface area contributed by atoms with Crippen molar-refractivity contribution in [3.63, 3.8) is 0 Å². The minimum absolute atomic E-state index is 1.18. The molecule has 1 aliphatic rings. The Balaban J connectivity index is 2.03. The lowest BCUT2D eigenvalue weighted by Crippen LogP contribution is -1.98. The van der Waals surface area contributed by atoms with Crippen molar-refractivity contribution in [2.75, 3.05) is 0 Å². The van der Waals surface area contributed by atoms with Gasteiger partial charge in [-0.05, 0) is 38.7 Å². The fraction of sp³-hybridized carbons (Fsp3) is 0.357. The maximum absolute atomic E-state index is 4.78. The highest BCUT2D eigenvalue weighted by atomic mass is 32.1. The summed E-state index contributed by atoms with van der Waals surface area (Å²) in [5.41, 5.74) is 3.94. The van der Waals surface area contributed by atoms with Crippen LogP contribution in [0.4, 0.5) is 0 Å². The third-order valence-corrected chi connectivity index (χ3v) is 4.32. The molecule has 0 aliphatic heterocycles. The molecule has 0 N–H and O–H groups in total. The lowest BCUT2D eigenvalue weighted by atomic mass is 10.0. The molecule has 0 unspecified atom stereocenters. The summed E-state index contributed by atoms with van der Waals surface area (Å²) in [4.78, 5) is 6.30. The van der Waals surface area contributed by atoms with Crippen LogP contribution in [-0.2, 0) is 12.8 Å². The Morgan fingerprint density at radius 2 is 2.06 bits per heavy atom. The number of benzene rings is 1. The Hall–Kier alpha value is -1.15. The van der Waals surface area contributed by atoms with Gasteiger partial charge >= 0.3 is 0 Å². The second kappa shape index (κ2) is 4.02. The minimum Gasteiger partial charge on any atom is -0.241 e. The second-order valence-corrected chi connectivity index (χ2v) is 5.55. The van der Waals surface area contributed by atoms with Crippen LogP contribution in [0.3, 0.4) is 0 Å². The first-order valence-electron chi connectivity index (χ1n) is 5.88. The fourth-order valence-electron chi connectivity index (χ4n) is 2.25. The molecule has 0 spiro atoms. The molecule has 2 aromatic rings. The van der Waals surface area contributed by atoms with Gasteiger partial charge in [0.2, 0.25) is 0 Å². The van der Waals surface area contributed by atoms with Crippen LogP contribution >= 0.6 is 11.3 Å². The summed E-state index contributed by atoms with van der Waals surface area (Å²) in [6, 6.07) is 8.64. The average Bonchev–Trinajstić information content (AvgIpc) is 2.72. The molecule has 1 nitrogen and oxygen atoms in total. The third kappa shape index (κ3) is 1.78. The topological polar surface area (TPSA) is 12.9 Å². The summed E-state index contributed by atoms with van der Waals surface area (Å²) in [6.07, 6.45) is 5.06. The van der Waals surface area contributed by atoms with E-state index >= 15 is 0 Å². The number of hydrogen-bond donors (Lipinski definition) is 0. The van der Waals surface area contributed by atoms with Crippen LogP contribution in [0.15, 0.2) is 24.3 Å². The molecular weight excluding hydrogens is 214 g/mol. The normalized spacial score (nSPS) is 14.8. The average molecular weight is 229 g/mol. The Labute approximate surface area is 100 Å². The predicted octanol–water partition coefficient (Wildman–Crippen LogP) is 4.00. The van der Waals surface area contributed by atoms with Gasteiger partial charge in [-0.1, -0.05) is 23.8 Å². The molecule has 0 saturated heterocycles. The van der Waals surface area contributed by atoms with Crippen molar-refractivity contribution < 1.29 is 0 Å². The molecule has 3 rings (SSSR count). The van der Waals surface area contributed by atoms with Crippen LogP contribution < -0.4 is 0 Å². The maximum Gasteiger partial charge on any atom is 0.123 e. The predicted molar refractivity (Wildman–Crippen MR) is 68.9 cm³/mol. The molecule has 2 heteroatoms. The molecule has 1 aliphatic carbocycles. The molecule has 0 amide bonds. The zero-order chi connectivity index (χ0) is 11.0. The lowest BCUT2D eigenvalue weighted by Gasteiger charge is -2.06. The molecule has 1 aromatic heterocycles. The lowest BCUT2D eigenvalue weighted by molar-refractivity contribution is 0.682. The highest BCUT2D eigenvalue weighted by Gasteiger charge is 2.15. The summed E-state index contributed by atoms with van der Waals surface area (Å²) in [7, 11) is 0. The van der Waals surface area contributed by atoms with Crippen molar-refractivity contribution in [3.8, 4) is 10.6 Å². The van der Waals surface area contributed by atoms with E-state index < -0.39 is 0 Å². The van der Waals surface area contributed by atoms with Crippen molar-refractivity contribution in [2.45, 2.75) is 32.6 Å². The van der Waals surface area contributed by atoms with Gasteiger partial charge in [0.25, 0.3) is 0 Å². The van der Waals surface area contributed by atoms with E-state index in [0.29, 0.717) is 0 Å². The fourth-order valence-corrected chi connectivity index (χ4v) is 3.40. The molecule has 0 bridgehead atoms. The van der Waals surface area contributed by atoms with Crippen molar-refractivity contribution in [1.29, 1.82) is 0 Å². The molecule has 0 atom stereocenters. The van der Waals surface area contributed by atoms with Gasteiger partial charge in [-0.25, -0.2) is 4.98 Å². The first kappa shape index (κ1) is 10.0. The van der Waals surface area contributed by atoms with Gasteiger partial charge < -0.3 is 0 Å². The zero-order valence-electron chi connectivity index (χ0n) is 9.49. The van der Waals surface area contributed by atoms with Gasteiger partial charge in [-0.15, -0.1) is 11.3 Å². The SMILES string of the molecule is Cc1cccc(-c2nc3c(s2)CCCC3)c1. The van der Waals surface area contributed by atoms with Crippen LogP contribution in [0.2, 0.25) is 0 Å². The number of aromatic nitrogens is 1. The van der Waals surface area contributed by atoms with Crippen molar-refractivity contribution in [1.82, 2.24) is 4.98 Å². The van der Waals surface area contributed by atoms with Gasteiger partial charge in [0.15, 0.2) is 0 Å². The molecule has 16 heavy (non-hydrogen) atoms. The Kier molecular flexibility index (Phi) is 2.52. The number of fused-ring (bicyclic) bond motifs is 1. The molecule has 82 valence electrons. The largest absolute Gasteiger partial charge is 0.241 e. The molecule has 0 saturated carbocycles. The standard InChI is InChI=1S/C14H15NS/c1-10-5-4-6-11(9-10)14-15-12-7-2-3-8-13(12)16-14/h4-6,9H,2-3,7-8H2,1H3. The van der Waals surface area contributed by atoms with E-state index in [1.807, 2.05) is 11.3 Å². The molecule has 0 radical (unpaired) electrons. The van der Waals surface area contributed by atoms with Gasteiger partial charge in [0, 0.05) is 10.4 Å². The number of rotatable bonds is 1. The molecule has 1 aromatic carbocycles. The number of aryl methyl sites for hydroxylation is 3. The first-order valence-corrected chi connectivity index (χ1v) is 6.70. The quantitative estimate of drug-likeness (QED) is 0.720. The Bertz CT molecular complexity index is 490. The monoisotopic (exact) mass is 229 g/mol. The van der Waals surface area contributed by atoms with Gasteiger partial charge in [0.1, 0.15) is 5.01 Å². The van der Waals surface area contributed by atoms with E-state index in [9.17, 15) is 0 Å². The van der Waals surface area contributed by atoms with Gasteiger partial charge in [0.05, 0.1) is 5.69 Å². The Morgan fingerprint density at radius 3 is 2.88 bits per heavy atom. The van der Waals surface area contributed by atoms with Crippen LogP contribution in [0, 0.1) is 6.92 Å². The van der Waals surface area contributed by atoms with Crippen LogP contribution in [0.5, 0.6) is 0 Å². The molecule has 0 fully saturated rings. The van der Waals surface area contributed by atoms with E-state index in [1.54, 1.807) is 0 Å². The summed E-state index contributed by atoms with van der Waals surface area (Å²) in [6.45, 7) is 2.14. The summed E-state index contributed by atoms with van der Waals surface area (Å²) in [5.74, 6) is 0. The van der Waals surface area contributed by atoms with E-state index in [-0.39, 0.29) is 0 Å². The van der Waals surface area contributed by atoms with Crippen molar-refractivity contribution >= 4 is 11.3 Å². The first-order chi connectivity index (χ1) is 7.83. The van der Waals surface area contributed by atoms with Crippen LogP contribution in [0.1, 0.15) is 29.0 Å². The van der Waals surface area contributed by atoms with Gasteiger partial charge in [-0.2, -0.15) is 0 Å². The molecular formula is C14H15NS. The number of nitrogens with zero attached hydrogens (tertiary/aromatic N) is 1. The highest BCUT2D eigenvalue weighted by molar-refractivity contribution is 7.15. The van der Waals surface area contributed by atoms with Crippen molar-refractivity contribution in [2.24, 2.45) is 0 Å². The van der Waals surface area contributed by atoms with Gasteiger partial charge in [-0.3, -0.25) is 0 Å². The van der Waals surface area contributed by atoms with Crippen LogP contribution in [0.25, 0.3) is 10.6 Å². The number of thiazole rings is 1. The Morgan fingerprint density at radius 1 is 1.19 bits per heavy atom.